The average molecular weight is 528 g/mol. The maximum absolute atomic E-state index is 15.7. The summed E-state index contributed by atoms with van der Waals surface area (Å²) in [5.41, 5.74) is 0.307. The lowest BCUT2D eigenvalue weighted by Crippen LogP contribution is -2.53. The third-order valence-electron chi connectivity index (χ3n) is 6.41. The number of hydrogen-bond donors (Lipinski definition) is 3. The molecule has 0 fully saturated rings. The highest BCUT2D eigenvalue weighted by Gasteiger charge is 2.73. The highest BCUT2D eigenvalue weighted by molar-refractivity contribution is 5.79. The lowest BCUT2D eigenvalue weighted by atomic mass is 9.85. The van der Waals surface area contributed by atoms with Crippen molar-refractivity contribution in [2.24, 2.45) is 0 Å². The van der Waals surface area contributed by atoms with Crippen LogP contribution >= 0.6 is 0 Å². The molecule has 0 heterocycles. The Morgan fingerprint density at radius 3 is 1.95 bits per heavy atom. The van der Waals surface area contributed by atoms with Gasteiger partial charge in [0.15, 0.2) is 0 Å². The van der Waals surface area contributed by atoms with E-state index in [2.05, 4.69) is 0 Å². The quantitative estimate of drug-likeness (QED) is 0.319. The molecule has 0 bridgehead atoms. The van der Waals surface area contributed by atoms with Gasteiger partial charge in [-0.25, -0.2) is 0 Å². The zero-order chi connectivity index (χ0) is 27.8. The number of aliphatic hydroxyl groups is 3. The number of halogens is 6. The number of hydrogen-bond acceptors (Lipinski definition) is 4. The van der Waals surface area contributed by atoms with Crippen molar-refractivity contribution < 1.29 is 41.7 Å². The third kappa shape index (κ3) is 5.18. The van der Waals surface area contributed by atoms with Crippen molar-refractivity contribution in [1.82, 2.24) is 0 Å². The van der Waals surface area contributed by atoms with Crippen LogP contribution in [-0.4, -0.2) is 34.5 Å². The van der Waals surface area contributed by atoms with Gasteiger partial charge < -0.3 is 20.2 Å². The van der Waals surface area contributed by atoms with Crippen LogP contribution in [0.5, 0.6) is 0 Å². The fourth-order valence-corrected chi connectivity index (χ4v) is 4.33. The van der Waals surface area contributed by atoms with Crippen molar-refractivity contribution in [2.75, 3.05) is 11.9 Å². The highest BCUT2D eigenvalue weighted by Crippen LogP contribution is 2.54. The molecule has 3 rings (SSSR count). The summed E-state index contributed by atoms with van der Waals surface area (Å²) < 4.78 is 84.9. The molecule has 0 amide bonds. The molecule has 200 valence electrons. The van der Waals surface area contributed by atoms with Gasteiger partial charge in [0.25, 0.3) is 0 Å². The van der Waals surface area contributed by atoms with Gasteiger partial charge in [0.2, 0.25) is 0 Å². The molecule has 0 spiro atoms. The maximum atomic E-state index is 15.7. The molecule has 0 aromatic heterocycles. The van der Waals surface area contributed by atoms with Crippen molar-refractivity contribution in [3.63, 3.8) is 0 Å². The van der Waals surface area contributed by atoms with Gasteiger partial charge in [0.05, 0.1) is 18.8 Å². The lowest BCUT2D eigenvalue weighted by Gasteiger charge is -2.36. The first-order chi connectivity index (χ1) is 17.2. The standard InChI is InChI=1S/C27H27F6NO3/c1-16-11-22(19-7-5-4-6-8-19)23(25(28,37)26(29,30)27(31,32)33)24(17(16)2)34(3)13-18-9-10-20(14-35)21(12-18)15-36/h4-12,35-37H,13-15H2,1-3H3. The van der Waals surface area contributed by atoms with Crippen LogP contribution in [0, 0.1) is 13.8 Å². The van der Waals surface area contributed by atoms with E-state index in [1.165, 1.54) is 61.3 Å². The van der Waals surface area contributed by atoms with Crippen LogP contribution in [-0.2, 0) is 25.6 Å². The van der Waals surface area contributed by atoms with Gasteiger partial charge >= 0.3 is 18.0 Å². The van der Waals surface area contributed by atoms with Gasteiger partial charge in [-0.2, -0.15) is 26.3 Å². The van der Waals surface area contributed by atoms with Crippen molar-refractivity contribution in [2.45, 2.75) is 51.6 Å². The van der Waals surface area contributed by atoms with E-state index in [4.69, 9.17) is 0 Å². The summed E-state index contributed by atoms with van der Waals surface area (Å²) in [6, 6.07) is 13.4. The smallest absolute Gasteiger partial charge is 0.392 e. The summed E-state index contributed by atoms with van der Waals surface area (Å²) in [6.07, 6.45) is -6.38. The highest BCUT2D eigenvalue weighted by atomic mass is 19.4. The minimum Gasteiger partial charge on any atom is -0.392 e. The van der Waals surface area contributed by atoms with E-state index in [9.17, 15) is 37.3 Å². The van der Waals surface area contributed by atoms with Crippen molar-refractivity contribution in [3.8, 4) is 11.1 Å². The van der Waals surface area contributed by atoms with Crippen LogP contribution in [0.2, 0.25) is 0 Å². The van der Waals surface area contributed by atoms with Crippen LogP contribution in [0.25, 0.3) is 11.1 Å². The Morgan fingerprint density at radius 1 is 0.811 bits per heavy atom. The largest absolute Gasteiger partial charge is 0.459 e. The number of aryl methyl sites for hydroxylation is 1. The molecule has 0 saturated heterocycles. The molecule has 3 aromatic rings. The number of aliphatic hydroxyl groups excluding tert-OH is 2. The first-order valence-electron chi connectivity index (χ1n) is 11.3. The second-order valence-corrected chi connectivity index (χ2v) is 8.93. The summed E-state index contributed by atoms with van der Waals surface area (Å²) in [4.78, 5) is 1.27. The predicted molar refractivity (Wildman–Crippen MR) is 128 cm³/mol. The first kappa shape index (κ1) is 28.5. The lowest BCUT2D eigenvalue weighted by molar-refractivity contribution is -0.379. The monoisotopic (exact) mass is 527 g/mol. The van der Waals surface area contributed by atoms with E-state index in [1.807, 2.05) is 0 Å². The van der Waals surface area contributed by atoms with Crippen molar-refractivity contribution >= 4 is 5.69 Å². The SMILES string of the molecule is Cc1cc(-c2ccccc2)c(C(O)(F)C(F)(F)C(F)(F)F)c(N(C)Cc2ccc(CO)c(CO)c2)c1C. The van der Waals surface area contributed by atoms with E-state index < -0.39 is 30.1 Å². The van der Waals surface area contributed by atoms with Crippen LogP contribution < -0.4 is 4.90 Å². The molecule has 3 aromatic carbocycles. The minimum atomic E-state index is -6.38. The van der Waals surface area contributed by atoms with Crippen molar-refractivity contribution in [3.05, 3.63) is 88.0 Å². The van der Waals surface area contributed by atoms with Crippen LogP contribution in [0.3, 0.4) is 0 Å². The zero-order valence-corrected chi connectivity index (χ0v) is 20.4. The molecule has 1 unspecified atom stereocenters. The Balaban J connectivity index is 2.31. The van der Waals surface area contributed by atoms with Gasteiger partial charge in [-0.05, 0) is 52.8 Å². The molecule has 1 atom stereocenters. The fourth-order valence-electron chi connectivity index (χ4n) is 4.33. The van der Waals surface area contributed by atoms with Crippen LogP contribution in [0.1, 0.15) is 33.4 Å². The molecule has 0 aliphatic rings. The normalized spacial score (nSPS) is 13.9. The molecule has 3 N–H and O–H groups in total. The summed E-state index contributed by atoms with van der Waals surface area (Å²) in [7, 11) is 1.38. The fraction of sp³-hybridized carbons (Fsp3) is 0.333. The maximum Gasteiger partial charge on any atom is 0.459 e. The van der Waals surface area contributed by atoms with Gasteiger partial charge in [-0.15, -0.1) is 0 Å². The summed E-state index contributed by atoms with van der Waals surface area (Å²) in [5.74, 6) is -11.2. The number of alkyl halides is 6. The number of anilines is 1. The molecule has 4 nitrogen and oxygen atoms in total. The second-order valence-electron chi connectivity index (χ2n) is 8.93. The molecule has 0 aliphatic carbocycles. The Labute approximate surface area is 210 Å². The zero-order valence-electron chi connectivity index (χ0n) is 20.4. The predicted octanol–water partition coefficient (Wildman–Crippen LogP) is 5.90. The molecular weight excluding hydrogens is 500 g/mol. The van der Waals surface area contributed by atoms with E-state index >= 15 is 4.39 Å². The van der Waals surface area contributed by atoms with E-state index in [0.717, 1.165) is 0 Å². The first-order valence-corrected chi connectivity index (χ1v) is 11.3. The minimum absolute atomic E-state index is 0.0993. The van der Waals surface area contributed by atoms with Gasteiger partial charge in [-0.1, -0.05) is 54.6 Å². The summed E-state index contributed by atoms with van der Waals surface area (Å²) in [5, 5.41) is 29.4. The van der Waals surface area contributed by atoms with E-state index in [0.29, 0.717) is 22.3 Å². The second kappa shape index (κ2) is 10.4. The Kier molecular flexibility index (Phi) is 7.97. The molecule has 10 heteroatoms. The van der Waals surface area contributed by atoms with Gasteiger partial charge in [0, 0.05) is 19.3 Å². The Morgan fingerprint density at radius 2 is 1.41 bits per heavy atom. The Hall–Kier alpha value is -3.08. The van der Waals surface area contributed by atoms with Crippen LogP contribution in [0.15, 0.2) is 54.6 Å². The number of benzene rings is 3. The number of nitrogens with zero attached hydrogens (tertiary/aromatic N) is 1. The van der Waals surface area contributed by atoms with E-state index in [-0.39, 0.29) is 35.5 Å². The van der Waals surface area contributed by atoms with Crippen molar-refractivity contribution in [1.29, 1.82) is 0 Å². The molecule has 37 heavy (non-hydrogen) atoms. The Bertz CT molecular complexity index is 1260. The molecule has 0 aliphatic heterocycles. The summed E-state index contributed by atoms with van der Waals surface area (Å²) in [6.45, 7) is 2.20. The van der Waals surface area contributed by atoms with Crippen LogP contribution in [0.4, 0.5) is 32.0 Å². The molecule has 0 saturated carbocycles. The third-order valence-corrected chi connectivity index (χ3v) is 6.41. The molecule has 0 radical (unpaired) electrons. The van der Waals surface area contributed by atoms with E-state index in [1.54, 1.807) is 19.1 Å². The topological polar surface area (TPSA) is 63.9 Å². The van der Waals surface area contributed by atoms with Gasteiger partial charge in [0.1, 0.15) is 0 Å². The van der Waals surface area contributed by atoms with Gasteiger partial charge in [-0.3, -0.25) is 0 Å². The average Bonchev–Trinajstić information content (AvgIpc) is 2.84. The molecular formula is C27H27F6NO3. The number of rotatable bonds is 8. The summed E-state index contributed by atoms with van der Waals surface area (Å²) >= 11 is 0.